The predicted molar refractivity (Wildman–Crippen MR) is 75.6 cm³/mol. The Hall–Kier alpha value is -1.49. The third-order valence-electron chi connectivity index (χ3n) is 4.61. The summed E-state index contributed by atoms with van der Waals surface area (Å²) in [5.74, 6) is -1.45. The fourth-order valence-corrected chi connectivity index (χ4v) is 3.20. The van der Waals surface area contributed by atoms with Crippen LogP contribution in [0.15, 0.2) is 18.2 Å². The van der Waals surface area contributed by atoms with Gasteiger partial charge in [0.05, 0.1) is 0 Å². The van der Waals surface area contributed by atoms with E-state index in [0.717, 1.165) is 31.7 Å². The second-order valence-corrected chi connectivity index (χ2v) is 6.23. The average Bonchev–Trinajstić information content (AvgIpc) is 3.21. The van der Waals surface area contributed by atoms with Crippen LogP contribution in [0.2, 0.25) is 0 Å². The van der Waals surface area contributed by atoms with E-state index in [4.69, 9.17) is 5.73 Å². The van der Waals surface area contributed by atoms with Crippen molar-refractivity contribution in [2.75, 3.05) is 0 Å². The van der Waals surface area contributed by atoms with Crippen molar-refractivity contribution in [3.05, 3.63) is 35.4 Å². The molecular formula is C16H20F2N2O. The molecule has 2 aliphatic carbocycles. The van der Waals surface area contributed by atoms with E-state index in [1.54, 1.807) is 0 Å². The highest BCUT2D eigenvalue weighted by Crippen LogP contribution is 2.48. The molecule has 3 nitrogen and oxygen atoms in total. The molecule has 2 saturated carbocycles. The molecule has 21 heavy (non-hydrogen) atoms. The lowest BCUT2D eigenvalue weighted by Gasteiger charge is -2.26. The molecule has 5 heteroatoms. The zero-order valence-electron chi connectivity index (χ0n) is 11.8. The van der Waals surface area contributed by atoms with Crippen molar-refractivity contribution >= 4 is 5.91 Å². The van der Waals surface area contributed by atoms with Crippen LogP contribution in [0.1, 0.15) is 43.6 Å². The normalized spacial score (nSPS) is 31.8. The molecule has 0 aliphatic heterocycles. The molecule has 0 saturated heterocycles. The number of hydrogen-bond acceptors (Lipinski definition) is 2. The Bertz CT molecular complexity index is 541. The van der Waals surface area contributed by atoms with Gasteiger partial charge >= 0.3 is 0 Å². The van der Waals surface area contributed by atoms with Gasteiger partial charge in [0, 0.05) is 24.1 Å². The summed E-state index contributed by atoms with van der Waals surface area (Å²) < 4.78 is 26.6. The van der Waals surface area contributed by atoms with Crippen molar-refractivity contribution in [1.29, 1.82) is 0 Å². The molecule has 1 amide bonds. The van der Waals surface area contributed by atoms with Gasteiger partial charge in [-0.25, -0.2) is 8.78 Å². The number of nitrogens with two attached hydrogens (primary N) is 1. The lowest BCUT2D eigenvalue weighted by atomic mass is 9.91. The van der Waals surface area contributed by atoms with E-state index in [1.807, 2.05) is 0 Å². The molecule has 3 rings (SSSR count). The molecule has 3 N–H and O–H groups in total. The number of hydrogen-bond donors (Lipinski definition) is 2. The zero-order chi connectivity index (χ0) is 15.0. The van der Waals surface area contributed by atoms with Gasteiger partial charge in [0.1, 0.15) is 11.6 Å². The molecule has 0 heterocycles. The van der Waals surface area contributed by atoms with Crippen molar-refractivity contribution in [1.82, 2.24) is 5.32 Å². The third-order valence-corrected chi connectivity index (χ3v) is 4.61. The van der Waals surface area contributed by atoms with Gasteiger partial charge < -0.3 is 11.1 Å². The van der Waals surface area contributed by atoms with Gasteiger partial charge in [-0.2, -0.15) is 0 Å². The van der Waals surface area contributed by atoms with Crippen molar-refractivity contribution < 1.29 is 13.6 Å². The molecule has 0 bridgehead atoms. The van der Waals surface area contributed by atoms with Crippen molar-refractivity contribution in [3.63, 3.8) is 0 Å². The Labute approximate surface area is 122 Å². The topological polar surface area (TPSA) is 55.1 Å². The summed E-state index contributed by atoms with van der Waals surface area (Å²) in [6.45, 7) is 0. The summed E-state index contributed by atoms with van der Waals surface area (Å²) in [4.78, 5) is 12.2. The Morgan fingerprint density at radius 1 is 1.19 bits per heavy atom. The van der Waals surface area contributed by atoms with Crippen molar-refractivity contribution in [2.45, 2.75) is 50.1 Å². The van der Waals surface area contributed by atoms with Crippen LogP contribution in [0, 0.1) is 17.6 Å². The fourth-order valence-electron chi connectivity index (χ4n) is 3.20. The van der Waals surface area contributed by atoms with Crippen LogP contribution in [0.3, 0.4) is 0 Å². The maximum absolute atomic E-state index is 13.7. The highest BCUT2D eigenvalue weighted by Gasteiger charge is 2.45. The predicted octanol–water partition coefficient (Wildman–Crippen LogP) is 2.45. The third kappa shape index (κ3) is 3.23. The van der Waals surface area contributed by atoms with Crippen molar-refractivity contribution in [3.8, 4) is 0 Å². The summed E-state index contributed by atoms with van der Waals surface area (Å²) in [7, 11) is 0. The lowest BCUT2D eigenvalue weighted by Crippen LogP contribution is -2.41. The Morgan fingerprint density at radius 2 is 1.90 bits per heavy atom. The van der Waals surface area contributed by atoms with Crippen LogP contribution < -0.4 is 11.1 Å². The first-order valence-electron chi connectivity index (χ1n) is 7.55. The molecule has 2 unspecified atom stereocenters. The summed E-state index contributed by atoms with van der Waals surface area (Å²) in [5.41, 5.74) is 6.29. The Kier molecular flexibility index (Phi) is 3.93. The zero-order valence-corrected chi connectivity index (χ0v) is 11.8. The van der Waals surface area contributed by atoms with E-state index in [9.17, 15) is 13.6 Å². The molecule has 0 radical (unpaired) electrons. The summed E-state index contributed by atoms with van der Waals surface area (Å²) in [6, 6.07) is 4.01. The number of carbonyl (C=O) groups is 1. The molecule has 1 aromatic rings. The summed E-state index contributed by atoms with van der Waals surface area (Å²) in [5, 5.41) is 3.04. The van der Waals surface area contributed by atoms with Crippen LogP contribution in [0.5, 0.6) is 0 Å². The molecular weight excluding hydrogens is 274 g/mol. The number of halogens is 2. The summed E-state index contributed by atoms with van der Waals surface area (Å²) in [6.07, 6.45) is 4.34. The number of nitrogens with one attached hydrogen (secondary N) is 1. The van der Waals surface area contributed by atoms with Crippen LogP contribution in [-0.2, 0) is 4.79 Å². The second-order valence-electron chi connectivity index (χ2n) is 6.23. The van der Waals surface area contributed by atoms with E-state index >= 15 is 0 Å². The smallest absolute Gasteiger partial charge is 0.223 e. The number of rotatable bonds is 3. The minimum Gasteiger partial charge on any atom is -0.353 e. The Balaban J connectivity index is 1.56. The first-order chi connectivity index (χ1) is 10.0. The van der Waals surface area contributed by atoms with Crippen LogP contribution in [-0.4, -0.2) is 18.0 Å². The van der Waals surface area contributed by atoms with E-state index in [0.29, 0.717) is 12.0 Å². The monoisotopic (exact) mass is 294 g/mol. The van der Waals surface area contributed by atoms with Gasteiger partial charge in [0.2, 0.25) is 5.91 Å². The van der Waals surface area contributed by atoms with Gasteiger partial charge in [-0.15, -0.1) is 0 Å². The fraction of sp³-hybridized carbons (Fsp3) is 0.562. The van der Waals surface area contributed by atoms with Crippen molar-refractivity contribution in [2.24, 2.45) is 11.7 Å². The molecule has 2 atom stereocenters. The SMILES string of the molecule is NC1CCC(NC(=O)C2CC2c2ccc(F)cc2F)CC1. The number of benzene rings is 1. The van der Waals surface area contributed by atoms with Crippen LogP contribution >= 0.6 is 0 Å². The van der Waals surface area contributed by atoms with Crippen LogP contribution in [0.4, 0.5) is 8.78 Å². The van der Waals surface area contributed by atoms with Gasteiger partial charge in [-0.3, -0.25) is 4.79 Å². The van der Waals surface area contributed by atoms with Crippen LogP contribution in [0.25, 0.3) is 0 Å². The van der Waals surface area contributed by atoms with Gasteiger partial charge in [-0.1, -0.05) is 6.07 Å². The highest BCUT2D eigenvalue weighted by molar-refractivity contribution is 5.83. The standard InChI is InChI=1S/C16H20F2N2O/c17-9-1-6-12(15(18)7-9)13-8-14(13)16(21)20-11-4-2-10(19)3-5-11/h1,6-7,10-11,13-14H,2-5,8,19H2,(H,20,21). The van der Waals surface area contributed by atoms with E-state index in [2.05, 4.69) is 5.32 Å². The Morgan fingerprint density at radius 3 is 2.57 bits per heavy atom. The molecule has 1 aromatic carbocycles. The molecule has 114 valence electrons. The molecule has 0 aromatic heterocycles. The van der Waals surface area contributed by atoms with E-state index in [-0.39, 0.29) is 29.8 Å². The first kappa shape index (κ1) is 14.4. The quantitative estimate of drug-likeness (QED) is 0.899. The van der Waals surface area contributed by atoms with Gasteiger partial charge in [0.15, 0.2) is 0 Å². The maximum Gasteiger partial charge on any atom is 0.223 e. The summed E-state index contributed by atoms with van der Waals surface area (Å²) >= 11 is 0. The van der Waals surface area contributed by atoms with Gasteiger partial charge in [-0.05, 0) is 49.7 Å². The number of amides is 1. The second kappa shape index (κ2) is 5.72. The number of carbonyl (C=O) groups excluding carboxylic acids is 1. The lowest BCUT2D eigenvalue weighted by molar-refractivity contribution is -0.123. The molecule has 2 aliphatic rings. The molecule has 2 fully saturated rings. The highest BCUT2D eigenvalue weighted by atomic mass is 19.1. The average molecular weight is 294 g/mol. The molecule has 0 spiro atoms. The van der Waals surface area contributed by atoms with E-state index < -0.39 is 11.6 Å². The minimum atomic E-state index is -0.587. The first-order valence-corrected chi connectivity index (χ1v) is 7.55. The maximum atomic E-state index is 13.7. The van der Waals surface area contributed by atoms with E-state index in [1.165, 1.54) is 12.1 Å². The van der Waals surface area contributed by atoms with Gasteiger partial charge in [0.25, 0.3) is 0 Å². The minimum absolute atomic E-state index is 0.0100. The largest absolute Gasteiger partial charge is 0.353 e.